The molecule has 0 radical (unpaired) electrons. The predicted molar refractivity (Wildman–Crippen MR) is 127 cm³/mol. The third kappa shape index (κ3) is 4.75. The van der Waals surface area contributed by atoms with Crippen LogP contribution in [0, 0.1) is 17.1 Å². The first-order chi connectivity index (χ1) is 17.0. The molecule has 1 fully saturated rings. The van der Waals surface area contributed by atoms with Crippen molar-refractivity contribution >= 4 is 23.5 Å². The molecule has 4 rings (SSSR count). The van der Waals surface area contributed by atoms with Crippen molar-refractivity contribution in [2.75, 3.05) is 18.0 Å². The number of nitriles is 1. The van der Waals surface area contributed by atoms with Crippen molar-refractivity contribution < 1.29 is 18.8 Å². The van der Waals surface area contributed by atoms with Gasteiger partial charge in [0.15, 0.2) is 5.54 Å². The van der Waals surface area contributed by atoms with Crippen LogP contribution in [-0.4, -0.2) is 35.8 Å². The van der Waals surface area contributed by atoms with Gasteiger partial charge < -0.3 is 10.2 Å². The van der Waals surface area contributed by atoms with Crippen LogP contribution in [0.5, 0.6) is 0 Å². The van der Waals surface area contributed by atoms with E-state index in [1.807, 2.05) is 42.5 Å². The number of anilines is 1. The summed E-state index contributed by atoms with van der Waals surface area (Å²) in [7, 11) is 0. The Morgan fingerprint density at radius 3 is 2.26 bits per heavy atom. The van der Waals surface area contributed by atoms with Crippen molar-refractivity contribution in [3.8, 4) is 6.07 Å². The number of hydrogen-bond donors (Lipinski definition) is 1. The van der Waals surface area contributed by atoms with Gasteiger partial charge in [0.2, 0.25) is 5.91 Å². The molecule has 3 aromatic rings. The second kappa shape index (κ2) is 10.2. The molecular formula is C27H23FN4O3. The molecule has 1 unspecified atom stereocenters. The normalized spacial score (nSPS) is 17.1. The van der Waals surface area contributed by atoms with Crippen molar-refractivity contribution in [2.45, 2.75) is 18.4 Å². The summed E-state index contributed by atoms with van der Waals surface area (Å²) in [4.78, 5) is 42.0. The number of amides is 4. The summed E-state index contributed by atoms with van der Waals surface area (Å²) in [5.41, 5.74) is 0.0151. The third-order valence-corrected chi connectivity index (χ3v) is 5.94. The molecule has 0 spiro atoms. The van der Waals surface area contributed by atoms with E-state index in [4.69, 9.17) is 5.26 Å². The van der Waals surface area contributed by atoms with Gasteiger partial charge in [-0.15, -0.1) is 0 Å². The third-order valence-electron chi connectivity index (χ3n) is 5.94. The van der Waals surface area contributed by atoms with Crippen LogP contribution in [0.1, 0.15) is 17.5 Å². The van der Waals surface area contributed by atoms with Gasteiger partial charge in [-0.3, -0.25) is 14.5 Å². The van der Waals surface area contributed by atoms with Crippen molar-refractivity contribution in [1.82, 2.24) is 10.2 Å². The second-order valence-corrected chi connectivity index (χ2v) is 8.16. The molecule has 1 N–H and O–H groups in total. The Bertz CT molecular complexity index is 1280. The van der Waals surface area contributed by atoms with Gasteiger partial charge in [0.05, 0.1) is 18.2 Å². The Morgan fingerprint density at radius 1 is 0.971 bits per heavy atom. The molecule has 35 heavy (non-hydrogen) atoms. The van der Waals surface area contributed by atoms with Gasteiger partial charge >= 0.3 is 6.03 Å². The standard InChI is InChI=1S/C27H23FN4O3/c28-22-14-7-8-15-23(22)31(17-9-16-29)24(33)19-32-25(34)27(30-26(32)35,21-12-5-2-6-13-21)18-20-10-3-1-4-11-20/h1-8,10-15H,9,17-19H2,(H,30,35). The van der Waals surface area contributed by atoms with Crippen molar-refractivity contribution in [2.24, 2.45) is 0 Å². The molecule has 1 saturated heterocycles. The van der Waals surface area contributed by atoms with E-state index in [2.05, 4.69) is 5.32 Å². The number of halogens is 1. The molecule has 1 heterocycles. The summed E-state index contributed by atoms with van der Waals surface area (Å²) >= 11 is 0. The quantitative estimate of drug-likeness (QED) is 0.508. The number of nitrogens with zero attached hydrogens (tertiary/aromatic N) is 3. The van der Waals surface area contributed by atoms with Crippen LogP contribution in [0.3, 0.4) is 0 Å². The second-order valence-electron chi connectivity index (χ2n) is 8.16. The van der Waals surface area contributed by atoms with Gasteiger partial charge in [0, 0.05) is 13.0 Å². The highest BCUT2D eigenvalue weighted by Gasteiger charge is 2.53. The summed E-state index contributed by atoms with van der Waals surface area (Å²) < 4.78 is 14.4. The molecule has 1 aliphatic heterocycles. The number of para-hydroxylation sites is 1. The van der Waals surface area contributed by atoms with Crippen molar-refractivity contribution in [3.63, 3.8) is 0 Å². The molecule has 0 aliphatic carbocycles. The van der Waals surface area contributed by atoms with Crippen molar-refractivity contribution in [3.05, 3.63) is 102 Å². The first kappa shape index (κ1) is 23.6. The number of benzene rings is 3. The highest BCUT2D eigenvalue weighted by molar-refractivity contribution is 6.11. The highest BCUT2D eigenvalue weighted by Crippen LogP contribution is 2.33. The van der Waals surface area contributed by atoms with Crippen LogP contribution in [0.2, 0.25) is 0 Å². The van der Waals surface area contributed by atoms with Crippen LogP contribution in [0.4, 0.5) is 14.9 Å². The summed E-state index contributed by atoms with van der Waals surface area (Å²) in [6.07, 6.45) is 0.154. The van der Waals surface area contributed by atoms with Gasteiger partial charge in [-0.2, -0.15) is 5.26 Å². The fourth-order valence-corrected chi connectivity index (χ4v) is 4.24. The average Bonchev–Trinajstić information content (AvgIpc) is 3.11. The molecule has 0 bridgehead atoms. The predicted octanol–water partition coefficient (Wildman–Crippen LogP) is 3.76. The monoisotopic (exact) mass is 470 g/mol. The number of rotatable bonds is 8. The van der Waals surface area contributed by atoms with E-state index in [0.29, 0.717) is 5.56 Å². The molecule has 1 atom stereocenters. The van der Waals surface area contributed by atoms with Gasteiger partial charge in [-0.25, -0.2) is 9.18 Å². The fraction of sp³-hybridized carbons (Fsp3) is 0.185. The maximum absolute atomic E-state index is 14.4. The zero-order chi connectivity index (χ0) is 24.8. The topological polar surface area (TPSA) is 93.5 Å². The number of imide groups is 1. The summed E-state index contributed by atoms with van der Waals surface area (Å²) in [6.45, 7) is -0.665. The first-order valence-corrected chi connectivity index (χ1v) is 11.1. The van der Waals surface area contributed by atoms with Gasteiger partial charge in [-0.05, 0) is 23.3 Å². The van der Waals surface area contributed by atoms with E-state index >= 15 is 0 Å². The number of carbonyl (C=O) groups is 3. The van der Waals surface area contributed by atoms with E-state index in [9.17, 15) is 18.8 Å². The summed E-state index contributed by atoms with van der Waals surface area (Å²) in [6, 6.07) is 25.0. The largest absolute Gasteiger partial charge is 0.325 e. The fourth-order valence-electron chi connectivity index (χ4n) is 4.24. The van der Waals surface area contributed by atoms with Crippen molar-refractivity contribution in [1.29, 1.82) is 5.26 Å². The Morgan fingerprint density at radius 2 is 1.60 bits per heavy atom. The zero-order valence-electron chi connectivity index (χ0n) is 18.9. The lowest BCUT2D eigenvalue weighted by Crippen LogP contribution is -2.47. The number of carbonyl (C=O) groups excluding carboxylic acids is 3. The van der Waals surface area contributed by atoms with E-state index in [-0.39, 0.29) is 25.1 Å². The van der Waals surface area contributed by atoms with Crippen LogP contribution >= 0.6 is 0 Å². The lowest BCUT2D eigenvalue weighted by molar-refractivity contribution is -0.134. The molecule has 1 aliphatic rings. The van der Waals surface area contributed by atoms with Gasteiger partial charge in [0.25, 0.3) is 5.91 Å². The minimum absolute atomic E-state index is 0.0154. The van der Waals surface area contributed by atoms with E-state index in [0.717, 1.165) is 15.4 Å². The van der Waals surface area contributed by atoms with Crippen LogP contribution in [0.25, 0.3) is 0 Å². The molecule has 0 saturated carbocycles. The maximum Gasteiger partial charge on any atom is 0.325 e. The molecule has 8 heteroatoms. The Kier molecular flexibility index (Phi) is 6.88. The average molecular weight is 471 g/mol. The maximum atomic E-state index is 14.4. The van der Waals surface area contributed by atoms with E-state index in [1.165, 1.54) is 18.2 Å². The van der Waals surface area contributed by atoms with Crippen LogP contribution < -0.4 is 10.2 Å². The molecule has 4 amide bonds. The van der Waals surface area contributed by atoms with Gasteiger partial charge in [-0.1, -0.05) is 72.8 Å². The lowest BCUT2D eigenvalue weighted by atomic mass is 9.83. The summed E-state index contributed by atoms with van der Waals surface area (Å²) in [5, 5.41) is 11.8. The highest BCUT2D eigenvalue weighted by atomic mass is 19.1. The SMILES string of the molecule is N#CCCN(C(=O)CN1C(=O)NC(Cc2ccccc2)(c2ccccc2)C1=O)c1ccccc1F. The number of urea groups is 1. The summed E-state index contributed by atoms with van der Waals surface area (Å²) in [5.74, 6) is -1.88. The van der Waals surface area contributed by atoms with E-state index in [1.54, 1.807) is 30.3 Å². The minimum Gasteiger partial charge on any atom is -0.319 e. The molecule has 3 aromatic carbocycles. The first-order valence-electron chi connectivity index (χ1n) is 11.1. The van der Waals surface area contributed by atoms with Crippen LogP contribution in [-0.2, 0) is 21.5 Å². The number of nitrogens with one attached hydrogen (secondary N) is 1. The Balaban J connectivity index is 1.66. The minimum atomic E-state index is -1.39. The zero-order valence-corrected chi connectivity index (χ0v) is 18.9. The Labute approximate surface area is 202 Å². The lowest BCUT2D eigenvalue weighted by Gasteiger charge is -2.28. The molecule has 7 nitrogen and oxygen atoms in total. The van der Waals surface area contributed by atoms with Crippen LogP contribution in [0.15, 0.2) is 84.9 Å². The molecule has 0 aromatic heterocycles. The van der Waals surface area contributed by atoms with E-state index < -0.39 is 35.7 Å². The molecule has 176 valence electrons. The smallest absolute Gasteiger partial charge is 0.319 e. The Hall–Kier alpha value is -4.51. The molecular weight excluding hydrogens is 447 g/mol. The van der Waals surface area contributed by atoms with Gasteiger partial charge in [0.1, 0.15) is 12.4 Å². The number of hydrogen-bond acceptors (Lipinski definition) is 4.